The van der Waals surface area contributed by atoms with Crippen LogP contribution in [-0.4, -0.2) is 9.13 Å². The minimum absolute atomic E-state index is 0.569. The number of furan rings is 1. The molecule has 0 saturated carbocycles. The van der Waals surface area contributed by atoms with Crippen LogP contribution in [0.2, 0.25) is 0 Å². The van der Waals surface area contributed by atoms with E-state index < -0.39 is 0 Å². The number of benzene rings is 6. The molecule has 6 nitrogen and oxygen atoms in total. The molecule has 9 rings (SSSR count). The van der Waals surface area contributed by atoms with Crippen molar-refractivity contribution < 1.29 is 4.42 Å². The lowest BCUT2D eigenvalue weighted by molar-refractivity contribution is 0.671. The average molecular weight is 574 g/mol. The average Bonchev–Trinajstić information content (AvgIpc) is 3.75. The molecule has 0 fully saturated rings. The summed E-state index contributed by atoms with van der Waals surface area (Å²) >= 11 is 0. The summed E-state index contributed by atoms with van der Waals surface area (Å²) in [4.78, 5) is 0. The molecular formula is C39H19N5O. The first-order valence-electron chi connectivity index (χ1n) is 14.4. The first-order chi connectivity index (χ1) is 22.2. The van der Waals surface area contributed by atoms with Crippen molar-refractivity contribution in [1.82, 2.24) is 9.13 Å². The Morgan fingerprint density at radius 3 is 1.71 bits per heavy atom. The molecule has 0 aliphatic carbocycles. The summed E-state index contributed by atoms with van der Waals surface area (Å²) in [7, 11) is 0. The van der Waals surface area contributed by atoms with Crippen LogP contribution in [0, 0.1) is 34.0 Å². The SMILES string of the molecule is N#Cc1ccc2oc3c(ccc4c5ccccc5n(-c5cccc(-n6c7ccc(C#N)cc7c7cc(C#N)ccc76)c5)c43)c2c1. The molecule has 0 bridgehead atoms. The zero-order valence-electron chi connectivity index (χ0n) is 23.6. The quantitative estimate of drug-likeness (QED) is 0.206. The van der Waals surface area contributed by atoms with Gasteiger partial charge in [0.2, 0.25) is 0 Å². The van der Waals surface area contributed by atoms with E-state index in [9.17, 15) is 15.8 Å². The fraction of sp³-hybridized carbons (Fsp3) is 0. The Labute approximate surface area is 256 Å². The zero-order valence-corrected chi connectivity index (χ0v) is 23.6. The molecule has 0 aliphatic rings. The lowest BCUT2D eigenvalue weighted by atomic mass is 10.1. The van der Waals surface area contributed by atoms with Crippen molar-refractivity contribution in [3.8, 4) is 29.6 Å². The molecule has 6 aromatic carbocycles. The second kappa shape index (κ2) is 9.09. The summed E-state index contributed by atoms with van der Waals surface area (Å²) in [5.41, 5.74) is 9.05. The summed E-state index contributed by atoms with van der Waals surface area (Å²) in [6.07, 6.45) is 0. The minimum atomic E-state index is 0.569. The third-order valence-corrected chi connectivity index (χ3v) is 8.77. The third-order valence-electron chi connectivity index (χ3n) is 8.77. The van der Waals surface area contributed by atoms with Gasteiger partial charge in [0, 0.05) is 43.7 Å². The monoisotopic (exact) mass is 573 g/mol. The van der Waals surface area contributed by atoms with E-state index in [0.717, 1.165) is 76.9 Å². The molecule has 9 aromatic rings. The van der Waals surface area contributed by atoms with Crippen molar-refractivity contribution in [3.63, 3.8) is 0 Å². The molecule has 0 radical (unpaired) electrons. The van der Waals surface area contributed by atoms with Gasteiger partial charge in [-0.2, -0.15) is 15.8 Å². The number of para-hydroxylation sites is 1. The molecular weight excluding hydrogens is 554 g/mol. The maximum atomic E-state index is 9.62. The van der Waals surface area contributed by atoms with Crippen LogP contribution >= 0.6 is 0 Å². The Morgan fingerprint density at radius 2 is 1.02 bits per heavy atom. The Kier molecular flexibility index (Phi) is 5.00. The van der Waals surface area contributed by atoms with Gasteiger partial charge < -0.3 is 13.6 Å². The van der Waals surface area contributed by atoms with Gasteiger partial charge in [-0.25, -0.2) is 0 Å². The van der Waals surface area contributed by atoms with Crippen molar-refractivity contribution in [2.75, 3.05) is 0 Å². The molecule has 6 heteroatoms. The lowest BCUT2D eigenvalue weighted by Gasteiger charge is -2.13. The molecule has 3 aromatic heterocycles. The highest BCUT2D eigenvalue weighted by molar-refractivity contribution is 6.21. The summed E-state index contributed by atoms with van der Waals surface area (Å²) in [6, 6.07) is 44.6. The van der Waals surface area contributed by atoms with Crippen LogP contribution in [0.1, 0.15) is 16.7 Å². The van der Waals surface area contributed by atoms with Crippen LogP contribution in [0.4, 0.5) is 0 Å². The van der Waals surface area contributed by atoms with Crippen LogP contribution in [0.5, 0.6) is 0 Å². The molecule has 0 unspecified atom stereocenters. The van der Waals surface area contributed by atoms with Gasteiger partial charge in [0.15, 0.2) is 5.58 Å². The number of nitriles is 3. The number of hydrogen-bond acceptors (Lipinski definition) is 4. The molecule has 3 heterocycles. The predicted octanol–water partition coefficient (Wildman–Crippen LogP) is 9.40. The molecule has 0 aliphatic heterocycles. The molecule has 0 saturated heterocycles. The van der Waals surface area contributed by atoms with Crippen LogP contribution in [0.25, 0.3) is 76.9 Å². The van der Waals surface area contributed by atoms with Gasteiger partial charge in [-0.05, 0) is 84.9 Å². The van der Waals surface area contributed by atoms with Crippen LogP contribution in [-0.2, 0) is 0 Å². The highest BCUT2D eigenvalue weighted by Crippen LogP contribution is 2.41. The molecule has 0 amide bonds. The topological polar surface area (TPSA) is 94.4 Å². The zero-order chi connectivity index (χ0) is 30.2. The summed E-state index contributed by atoms with van der Waals surface area (Å²) in [5.74, 6) is 0. The van der Waals surface area contributed by atoms with Gasteiger partial charge in [-0.3, -0.25) is 0 Å². The first-order valence-corrected chi connectivity index (χ1v) is 14.4. The molecule has 0 atom stereocenters. The van der Waals surface area contributed by atoms with Crippen molar-refractivity contribution in [3.05, 3.63) is 132 Å². The lowest BCUT2D eigenvalue weighted by Crippen LogP contribution is -1.98. The second-order valence-electron chi connectivity index (χ2n) is 11.2. The van der Waals surface area contributed by atoms with E-state index in [4.69, 9.17) is 4.42 Å². The van der Waals surface area contributed by atoms with Gasteiger partial charge in [0.25, 0.3) is 0 Å². The van der Waals surface area contributed by atoms with E-state index >= 15 is 0 Å². The molecule has 206 valence electrons. The van der Waals surface area contributed by atoms with Crippen molar-refractivity contribution >= 4 is 65.6 Å². The van der Waals surface area contributed by atoms with E-state index in [2.05, 4.69) is 69.8 Å². The van der Waals surface area contributed by atoms with Crippen LogP contribution < -0.4 is 0 Å². The summed E-state index contributed by atoms with van der Waals surface area (Å²) < 4.78 is 11.0. The Hall–Kier alpha value is -6.81. The highest BCUT2D eigenvalue weighted by atomic mass is 16.3. The number of hydrogen-bond donors (Lipinski definition) is 0. The van der Waals surface area contributed by atoms with E-state index in [1.807, 2.05) is 66.7 Å². The van der Waals surface area contributed by atoms with E-state index in [-0.39, 0.29) is 0 Å². The highest BCUT2D eigenvalue weighted by Gasteiger charge is 2.20. The summed E-state index contributed by atoms with van der Waals surface area (Å²) in [5, 5.41) is 34.7. The van der Waals surface area contributed by atoms with E-state index in [1.54, 1.807) is 6.07 Å². The Balaban J connectivity index is 1.37. The Morgan fingerprint density at radius 1 is 0.444 bits per heavy atom. The number of rotatable bonds is 2. The fourth-order valence-electron chi connectivity index (χ4n) is 6.83. The number of nitrogens with zero attached hydrogens (tertiary/aromatic N) is 5. The largest absolute Gasteiger partial charge is 0.454 e. The first kappa shape index (κ1) is 24.8. The fourth-order valence-corrected chi connectivity index (χ4v) is 6.83. The number of aromatic nitrogens is 2. The van der Waals surface area contributed by atoms with Crippen molar-refractivity contribution in [2.45, 2.75) is 0 Å². The van der Waals surface area contributed by atoms with Gasteiger partial charge in [-0.15, -0.1) is 0 Å². The summed E-state index contributed by atoms with van der Waals surface area (Å²) in [6.45, 7) is 0. The third kappa shape index (κ3) is 3.41. The Bertz CT molecular complexity index is 2790. The maximum absolute atomic E-state index is 9.62. The smallest absolute Gasteiger partial charge is 0.160 e. The van der Waals surface area contributed by atoms with Gasteiger partial charge in [-0.1, -0.05) is 30.3 Å². The van der Waals surface area contributed by atoms with E-state index in [0.29, 0.717) is 16.7 Å². The molecule has 0 N–H and O–H groups in total. The van der Waals surface area contributed by atoms with Gasteiger partial charge in [0.05, 0.1) is 57.0 Å². The maximum Gasteiger partial charge on any atom is 0.160 e. The van der Waals surface area contributed by atoms with E-state index in [1.165, 1.54) is 0 Å². The standard InChI is InChI=1S/C39H19N5O/c40-20-23-8-13-35-31(16-23)32-17-24(21-41)9-14-36(32)43(35)26-4-3-5-27(19-26)44-34-7-2-1-6-28(34)29-11-12-30-33-18-25(22-42)10-15-37(33)45-39(30)38(29)44/h1-19H. The van der Waals surface area contributed by atoms with Crippen molar-refractivity contribution in [1.29, 1.82) is 15.8 Å². The minimum Gasteiger partial charge on any atom is -0.454 e. The second-order valence-corrected chi connectivity index (χ2v) is 11.2. The number of fused-ring (bicyclic) bond motifs is 10. The molecule has 45 heavy (non-hydrogen) atoms. The van der Waals surface area contributed by atoms with Gasteiger partial charge in [0.1, 0.15) is 5.58 Å². The van der Waals surface area contributed by atoms with Gasteiger partial charge >= 0.3 is 0 Å². The van der Waals surface area contributed by atoms with Crippen molar-refractivity contribution in [2.24, 2.45) is 0 Å². The van der Waals surface area contributed by atoms with Crippen LogP contribution in [0.3, 0.4) is 0 Å². The predicted molar refractivity (Wildman–Crippen MR) is 177 cm³/mol. The normalized spacial score (nSPS) is 11.5. The molecule has 0 spiro atoms. The van der Waals surface area contributed by atoms with Crippen LogP contribution in [0.15, 0.2) is 120 Å².